The Morgan fingerprint density at radius 2 is 1.09 bits per heavy atom. The fourth-order valence-electron chi connectivity index (χ4n) is 3.60. The maximum Gasteiger partial charge on any atom is 0.314 e. The predicted molar refractivity (Wildman–Crippen MR) is 131 cm³/mol. The van der Waals surface area contributed by atoms with Crippen molar-refractivity contribution in [3.05, 3.63) is 0 Å². The minimum atomic E-state index is -0.925. The van der Waals surface area contributed by atoms with Crippen LogP contribution in [0.5, 0.6) is 0 Å². The van der Waals surface area contributed by atoms with Gasteiger partial charge in [0.1, 0.15) is 11.7 Å². The third kappa shape index (κ3) is 22.2. The van der Waals surface area contributed by atoms with Crippen LogP contribution in [0.3, 0.4) is 0 Å². The van der Waals surface area contributed by atoms with Gasteiger partial charge >= 0.3 is 5.97 Å². The number of rotatable bonds is 22. The molecule has 0 aliphatic rings. The fourth-order valence-corrected chi connectivity index (χ4v) is 3.60. The van der Waals surface area contributed by atoms with Crippen molar-refractivity contribution in [3.8, 4) is 0 Å². The number of carbonyl (C=O) groups is 2. The molecule has 0 amide bonds. The van der Waals surface area contributed by atoms with E-state index in [1.54, 1.807) is 0 Å². The number of hydrogen-bond acceptors (Lipinski definition) is 5. The van der Waals surface area contributed by atoms with Crippen LogP contribution in [0.1, 0.15) is 123 Å². The lowest BCUT2D eigenvalue weighted by Crippen LogP contribution is -2.23. The maximum atomic E-state index is 12.1. The number of aliphatic hydroxyl groups is 3. The minimum absolute atomic E-state index is 0.0104. The van der Waals surface area contributed by atoms with Crippen LogP contribution in [-0.2, 0) is 9.59 Å². The Kier molecular flexibility index (Phi) is 27.3. The molecule has 0 bridgehead atoms. The highest BCUT2D eigenvalue weighted by atomic mass is 16.4. The molecule has 1 atom stereocenters. The molecule has 0 saturated heterocycles. The van der Waals surface area contributed by atoms with Crippen molar-refractivity contribution >= 4 is 11.8 Å². The Morgan fingerprint density at radius 3 is 1.53 bits per heavy atom. The molecular formula is C26H52O6. The van der Waals surface area contributed by atoms with Gasteiger partial charge in [-0.2, -0.15) is 0 Å². The summed E-state index contributed by atoms with van der Waals surface area (Å²) >= 11 is 0. The van der Waals surface area contributed by atoms with Crippen molar-refractivity contribution in [3.63, 3.8) is 0 Å². The van der Waals surface area contributed by atoms with Crippen LogP contribution in [0.25, 0.3) is 0 Å². The van der Waals surface area contributed by atoms with Gasteiger partial charge in [-0.3, -0.25) is 9.59 Å². The lowest BCUT2D eigenvalue weighted by atomic mass is 9.93. The lowest BCUT2D eigenvalue weighted by Gasteiger charge is -2.11. The smallest absolute Gasteiger partial charge is 0.314 e. The van der Waals surface area contributed by atoms with Gasteiger partial charge in [0.25, 0.3) is 0 Å². The molecule has 0 aliphatic carbocycles. The van der Waals surface area contributed by atoms with Crippen LogP contribution in [0.4, 0.5) is 0 Å². The van der Waals surface area contributed by atoms with Crippen molar-refractivity contribution in [2.24, 2.45) is 11.8 Å². The Labute approximate surface area is 196 Å². The minimum Gasteiger partial charge on any atom is -0.481 e. The summed E-state index contributed by atoms with van der Waals surface area (Å²) in [5.74, 6) is -1.79. The van der Waals surface area contributed by atoms with E-state index in [0.717, 1.165) is 32.1 Å². The third-order valence-electron chi connectivity index (χ3n) is 5.85. The Morgan fingerprint density at radius 1 is 0.625 bits per heavy atom. The zero-order chi connectivity index (χ0) is 24.5. The summed E-state index contributed by atoms with van der Waals surface area (Å²) in [6, 6.07) is 0. The summed E-state index contributed by atoms with van der Waals surface area (Å²) in [4.78, 5) is 23.4. The summed E-state index contributed by atoms with van der Waals surface area (Å²) in [7, 11) is 0. The zero-order valence-corrected chi connectivity index (χ0v) is 20.9. The second kappa shape index (κ2) is 26.3. The molecule has 6 heteroatoms. The van der Waals surface area contributed by atoms with Gasteiger partial charge in [-0.15, -0.1) is 0 Å². The second-order valence-electron chi connectivity index (χ2n) is 8.88. The van der Waals surface area contributed by atoms with Crippen molar-refractivity contribution in [1.29, 1.82) is 0 Å². The van der Waals surface area contributed by atoms with Gasteiger partial charge in [0.2, 0.25) is 0 Å². The maximum absolute atomic E-state index is 12.1. The summed E-state index contributed by atoms with van der Waals surface area (Å²) in [5, 5.41) is 34.6. The van der Waals surface area contributed by atoms with Gasteiger partial charge in [0.05, 0.1) is 0 Å². The molecule has 0 aromatic heterocycles. The first-order valence-electron chi connectivity index (χ1n) is 13.1. The molecule has 192 valence electrons. The van der Waals surface area contributed by atoms with E-state index in [1.165, 1.54) is 51.4 Å². The lowest BCUT2D eigenvalue weighted by molar-refractivity contribution is -0.146. The topological polar surface area (TPSA) is 115 Å². The molecule has 0 aromatic carbocycles. The summed E-state index contributed by atoms with van der Waals surface area (Å²) in [6.07, 6.45) is 17.2. The average Bonchev–Trinajstić information content (AvgIpc) is 2.78. The molecule has 0 aromatic rings. The van der Waals surface area contributed by atoms with Crippen LogP contribution in [0, 0.1) is 11.8 Å². The van der Waals surface area contributed by atoms with Crippen molar-refractivity contribution in [2.45, 2.75) is 123 Å². The highest BCUT2D eigenvalue weighted by Gasteiger charge is 2.24. The van der Waals surface area contributed by atoms with Crippen LogP contribution < -0.4 is 0 Å². The van der Waals surface area contributed by atoms with Gasteiger partial charge in [-0.25, -0.2) is 0 Å². The van der Waals surface area contributed by atoms with Crippen LogP contribution in [0.2, 0.25) is 0 Å². The number of hydrogen-bond donors (Lipinski definition) is 4. The molecule has 6 nitrogen and oxygen atoms in total. The first-order valence-corrected chi connectivity index (χ1v) is 13.1. The Balaban J connectivity index is 0. The highest BCUT2D eigenvalue weighted by molar-refractivity contribution is 5.98. The molecular weight excluding hydrogens is 408 g/mol. The van der Waals surface area contributed by atoms with Crippen molar-refractivity contribution in [2.75, 3.05) is 19.8 Å². The number of carbonyl (C=O) groups excluding carboxylic acids is 1. The molecule has 1 unspecified atom stereocenters. The Hall–Kier alpha value is -0.980. The molecule has 0 spiro atoms. The number of unbranched alkanes of at least 4 members (excludes halogenated alkanes) is 11. The highest BCUT2D eigenvalue weighted by Crippen LogP contribution is 2.17. The molecule has 0 rings (SSSR count). The van der Waals surface area contributed by atoms with E-state index in [4.69, 9.17) is 15.3 Å². The van der Waals surface area contributed by atoms with Crippen LogP contribution in [0.15, 0.2) is 0 Å². The fraction of sp³-hybridized carbons (Fsp3) is 0.923. The van der Waals surface area contributed by atoms with Gasteiger partial charge in [-0.1, -0.05) is 90.9 Å². The van der Waals surface area contributed by atoms with E-state index in [1.807, 2.05) is 0 Å². The quantitative estimate of drug-likeness (QED) is 0.125. The van der Waals surface area contributed by atoms with Crippen molar-refractivity contribution in [1.82, 2.24) is 0 Å². The largest absolute Gasteiger partial charge is 0.481 e. The first kappa shape index (κ1) is 33.2. The molecule has 0 aliphatic heterocycles. The van der Waals surface area contributed by atoms with E-state index < -0.39 is 11.9 Å². The first-order chi connectivity index (χ1) is 15.5. The standard InChI is InChI=1S/C20H38O3.C6H14O3/c1-3-5-7-9-11-13-15-17-19(21)18(20(22)23)16-14-12-10-8-6-4-2;7-3-1-2-6(4-8)5-9/h18H,3-17H2,1-2H3,(H,22,23);6-9H,1-5H2. The molecule has 0 saturated carbocycles. The molecule has 4 N–H and O–H groups in total. The number of aliphatic carboxylic acids is 1. The monoisotopic (exact) mass is 460 g/mol. The third-order valence-corrected chi connectivity index (χ3v) is 5.85. The zero-order valence-electron chi connectivity index (χ0n) is 20.9. The van der Waals surface area contributed by atoms with Crippen LogP contribution in [-0.4, -0.2) is 52.0 Å². The van der Waals surface area contributed by atoms with Crippen molar-refractivity contribution < 1.29 is 30.0 Å². The van der Waals surface area contributed by atoms with Gasteiger partial charge in [0.15, 0.2) is 0 Å². The average molecular weight is 461 g/mol. The summed E-state index contributed by atoms with van der Waals surface area (Å²) in [6.45, 7) is 4.54. The van der Waals surface area contributed by atoms with Crippen LogP contribution >= 0.6 is 0 Å². The van der Waals surface area contributed by atoms with Gasteiger partial charge in [-0.05, 0) is 25.7 Å². The number of Topliss-reactive ketones (excluding diaryl/α,β-unsaturated/α-hetero) is 1. The second-order valence-corrected chi connectivity index (χ2v) is 8.88. The summed E-state index contributed by atoms with van der Waals surface area (Å²) < 4.78 is 0. The van der Waals surface area contributed by atoms with Gasteiger partial charge < -0.3 is 20.4 Å². The molecule has 0 fully saturated rings. The number of carboxylic acid groups (broad SMARTS) is 1. The number of ketones is 1. The number of aliphatic hydroxyl groups excluding tert-OH is 3. The predicted octanol–water partition coefficient (Wildman–Crippen LogP) is 5.51. The van der Waals surface area contributed by atoms with E-state index in [0.29, 0.717) is 25.7 Å². The normalized spacial score (nSPS) is 11.8. The number of carboxylic acids is 1. The Bertz CT molecular complexity index is 409. The van der Waals surface area contributed by atoms with E-state index in [9.17, 15) is 14.7 Å². The van der Waals surface area contributed by atoms with E-state index in [2.05, 4.69) is 13.8 Å². The molecule has 0 heterocycles. The molecule has 32 heavy (non-hydrogen) atoms. The van der Waals surface area contributed by atoms with E-state index in [-0.39, 0.29) is 31.5 Å². The SMILES string of the molecule is CCCCCCCCCC(=O)C(CCCCCCCC)C(=O)O.OCCCC(CO)CO. The summed E-state index contributed by atoms with van der Waals surface area (Å²) in [5.41, 5.74) is 0. The van der Waals surface area contributed by atoms with Gasteiger partial charge in [0, 0.05) is 32.2 Å². The van der Waals surface area contributed by atoms with E-state index >= 15 is 0 Å². The molecule has 0 radical (unpaired) electrons.